The van der Waals surface area contributed by atoms with Gasteiger partial charge in [-0.3, -0.25) is 0 Å². The van der Waals surface area contributed by atoms with Crippen LogP contribution in [0.5, 0.6) is 0 Å². The molecule has 0 aromatic heterocycles. The van der Waals surface area contributed by atoms with Crippen LogP contribution in [0.3, 0.4) is 0 Å². The second-order valence-electron chi connectivity index (χ2n) is 5.80. The van der Waals surface area contributed by atoms with Gasteiger partial charge in [-0.05, 0) is 41.8 Å². The largest absolute Gasteiger partial charge is 0.303 e. The van der Waals surface area contributed by atoms with Crippen molar-refractivity contribution in [3.05, 3.63) is 64.7 Å². The summed E-state index contributed by atoms with van der Waals surface area (Å²) in [6, 6.07) is 13.9. The quantitative estimate of drug-likeness (QED) is 0.775. The van der Waals surface area contributed by atoms with Gasteiger partial charge >= 0.3 is 0 Å². The van der Waals surface area contributed by atoms with Gasteiger partial charge in [0.2, 0.25) is 0 Å². The van der Waals surface area contributed by atoms with Gasteiger partial charge in [0.05, 0.1) is 10.1 Å². The summed E-state index contributed by atoms with van der Waals surface area (Å²) < 4.78 is 25.6. The number of sulfone groups is 1. The molecule has 0 bridgehead atoms. The molecule has 3 rings (SSSR count). The first kappa shape index (κ1) is 16.2. The lowest BCUT2D eigenvalue weighted by Crippen LogP contribution is -2.11. The predicted octanol–water partition coefficient (Wildman–Crippen LogP) is 3.66. The SMILES string of the molecule is CCc1ccc([C@@H]2[C@@H](C=O)[C@H]2S(=O)(=O)c2ccc(Cl)cc2)cc1. The van der Waals surface area contributed by atoms with E-state index in [2.05, 4.69) is 6.92 Å². The van der Waals surface area contributed by atoms with E-state index in [0.717, 1.165) is 18.3 Å². The molecule has 0 heterocycles. The third kappa shape index (κ3) is 2.93. The molecule has 5 heteroatoms. The van der Waals surface area contributed by atoms with Gasteiger partial charge in [-0.1, -0.05) is 42.8 Å². The topological polar surface area (TPSA) is 51.2 Å². The number of halogens is 1. The number of hydrogen-bond acceptors (Lipinski definition) is 3. The fourth-order valence-corrected chi connectivity index (χ4v) is 5.27. The van der Waals surface area contributed by atoms with Crippen LogP contribution in [0.4, 0.5) is 0 Å². The first-order chi connectivity index (χ1) is 11.0. The summed E-state index contributed by atoms with van der Waals surface area (Å²) in [5.41, 5.74) is 2.09. The van der Waals surface area contributed by atoms with Crippen LogP contribution in [0.2, 0.25) is 5.02 Å². The van der Waals surface area contributed by atoms with Crippen molar-refractivity contribution in [3.63, 3.8) is 0 Å². The molecule has 1 fully saturated rings. The molecule has 1 aliphatic rings. The fourth-order valence-electron chi connectivity index (χ4n) is 3.04. The number of aldehydes is 1. The summed E-state index contributed by atoms with van der Waals surface area (Å²) in [7, 11) is -3.55. The lowest BCUT2D eigenvalue weighted by molar-refractivity contribution is -0.108. The van der Waals surface area contributed by atoms with Gasteiger partial charge in [0.15, 0.2) is 9.84 Å². The highest BCUT2D eigenvalue weighted by atomic mass is 35.5. The van der Waals surface area contributed by atoms with E-state index in [1.54, 1.807) is 12.1 Å². The van der Waals surface area contributed by atoms with Crippen molar-refractivity contribution < 1.29 is 13.2 Å². The molecule has 2 aromatic carbocycles. The second kappa shape index (κ2) is 6.10. The van der Waals surface area contributed by atoms with Gasteiger partial charge in [-0.15, -0.1) is 0 Å². The molecule has 0 spiro atoms. The van der Waals surface area contributed by atoms with E-state index in [1.165, 1.54) is 17.7 Å². The van der Waals surface area contributed by atoms with Crippen molar-refractivity contribution >= 4 is 27.7 Å². The number of benzene rings is 2. The molecule has 3 atom stereocenters. The van der Waals surface area contributed by atoms with Crippen molar-refractivity contribution in [2.24, 2.45) is 5.92 Å². The Morgan fingerprint density at radius 3 is 2.17 bits per heavy atom. The number of aryl methyl sites for hydroxylation is 1. The van der Waals surface area contributed by atoms with Crippen LogP contribution < -0.4 is 0 Å². The maximum absolute atomic E-state index is 12.8. The second-order valence-corrected chi connectivity index (χ2v) is 8.34. The summed E-state index contributed by atoms with van der Waals surface area (Å²) >= 11 is 5.82. The zero-order chi connectivity index (χ0) is 16.6. The normalized spacial score (nSPS) is 23.5. The van der Waals surface area contributed by atoms with Gasteiger partial charge in [-0.2, -0.15) is 0 Å². The Labute approximate surface area is 141 Å². The number of carbonyl (C=O) groups is 1. The van der Waals surface area contributed by atoms with Crippen LogP contribution in [0, 0.1) is 5.92 Å². The fraction of sp³-hybridized carbons (Fsp3) is 0.278. The Morgan fingerprint density at radius 1 is 1.04 bits per heavy atom. The minimum absolute atomic E-state index is 0.214. The highest BCUT2D eigenvalue weighted by Crippen LogP contribution is 2.52. The van der Waals surface area contributed by atoms with E-state index >= 15 is 0 Å². The number of rotatable bonds is 5. The van der Waals surface area contributed by atoms with E-state index in [9.17, 15) is 13.2 Å². The van der Waals surface area contributed by atoms with Crippen molar-refractivity contribution in [2.75, 3.05) is 0 Å². The lowest BCUT2D eigenvalue weighted by Gasteiger charge is -2.05. The minimum atomic E-state index is -3.55. The molecule has 23 heavy (non-hydrogen) atoms. The first-order valence-corrected chi connectivity index (χ1v) is 9.45. The van der Waals surface area contributed by atoms with Crippen molar-refractivity contribution in [1.29, 1.82) is 0 Å². The third-order valence-electron chi connectivity index (χ3n) is 4.44. The molecule has 1 saturated carbocycles. The maximum atomic E-state index is 12.8. The monoisotopic (exact) mass is 348 g/mol. The molecule has 2 aromatic rings. The highest BCUT2D eigenvalue weighted by molar-refractivity contribution is 7.92. The summed E-state index contributed by atoms with van der Waals surface area (Å²) in [5, 5.41) is -0.202. The highest BCUT2D eigenvalue weighted by Gasteiger charge is 2.58. The van der Waals surface area contributed by atoms with Gasteiger partial charge < -0.3 is 4.79 Å². The third-order valence-corrected chi connectivity index (χ3v) is 6.94. The Kier molecular flexibility index (Phi) is 4.30. The van der Waals surface area contributed by atoms with Gasteiger partial charge in [0.25, 0.3) is 0 Å². The number of carbonyl (C=O) groups excluding carboxylic acids is 1. The van der Waals surface area contributed by atoms with Crippen LogP contribution in [0.15, 0.2) is 53.4 Å². The molecule has 0 unspecified atom stereocenters. The molecular formula is C18H17ClO3S. The first-order valence-electron chi connectivity index (χ1n) is 7.52. The van der Waals surface area contributed by atoms with Crippen molar-refractivity contribution in [1.82, 2.24) is 0 Å². The van der Waals surface area contributed by atoms with E-state index in [0.29, 0.717) is 5.02 Å². The van der Waals surface area contributed by atoms with E-state index in [-0.39, 0.29) is 10.8 Å². The smallest absolute Gasteiger partial charge is 0.182 e. The van der Waals surface area contributed by atoms with Crippen LogP contribution in [0.25, 0.3) is 0 Å². The minimum Gasteiger partial charge on any atom is -0.303 e. The van der Waals surface area contributed by atoms with Gasteiger partial charge in [-0.25, -0.2) is 8.42 Å². The number of hydrogen-bond donors (Lipinski definition) is 0. The average molecular weight is 349 g/mol. The van der Waals surface area contributed by atoms with E-state index in [1.807, 2.05) is 24.3 Å². The van der Waals surface area contributed by atoms with Gasteiger partial charge in [0.1, 0.15) is 6.29 Å². The lowest BCUT2D eigenvalue weighted by atomic mass is 10.1. The molecule has 120 valence electrons. The predicted molar refractivity (Wildman–Crippen MR) is 90.5 cm³/mol. The van der Waals surface area contributed by atoms with E-state index < -0.39 is 21.0 Å². The Hall–Kier alpha value is -1.65. The molecule has 0 radical (unpaired) electrons. The van der Waals surface area contributed by atoms with E-state index in [4.69, 9.17) is 11.6 Å². The average Bonchev–Trinajstić information content (AvgIpc) is 3.31. The maximum Gasteiger partial charge on any atom is 0.182 e. The summed E-state index contributed by atoms with van der Waals surface area (Å²) in [4.78, 5) is 11.5. The zero-order valence-corrected chi connectivity index (χ0v) is 14.2. The molecule has 0 amide bonds. The molecule has 3 nitrogen and oxygen atoms in total. The van der Waals surface area contributed by atoms with Crippen molar-refractivity contribution in [3.8, 4) is 0 Å². The Morgan fingerprint density at radius 2 is 1.65 bits per heavy atom. The van der Waals surface area contributed by atoms with Crippen LogP contribution in [-0.2, 0) is 21.1 Å². The molecule has 1 aliphatic carbocycles. The van der Waals surface area contributed by atoms with Gasteiger partial charge in [0, 0.05) is 16.9 Å². The molecule has 0 saturated heterocycles. The Balaban J connectivity index is 1.92. The van der Waals surface area contributed by atoms with Crippen LogP contribution in [-0.4, -0.2) is 20.0 Å². The zero-order valence-electron chi connectivity index (χ0n) is 12.6. The summed E-state index contributed by atoms with van der Waals surface area (Å²) in [6.07, 6.45) is 1.69. The molecule has 0 N–H and O–H groups in total. The van der Waals surface area contributed by atoms with Crippen LogP contribution >= 0.6 is 11.6 Å². The summed E-state index contributed by atoms with van der Waals surface area (Å²) in [6.45, 7) is 2.06. The standard InChI is InChI=1S/C18H17ClO3S/c1-2-12-3-5-13(6-4-12)17-16(11-20)18(17)23(21,22)15-9-7-14(19)8-10-15/h3-11,16-18H,2H2,1H3/t16-,17-,18-/m1/s1. The molecule has 0 aliphatic heterocycles. The Bertz CT molecular complexity index is 810. The van der Waals surface area contributed by atoms with Crippen molar-refractivity contribution in [2.45, 2.75) is 29.4 Å². The van der Waals surface area contributed by atoms with Crippen LogP contribution in [0.1, 0.15) is 24.0 Å². The summed E-state index contributed by atoms with van der Waals surface area (Å²) in [5.74, 6) is -0.748. The molecular weight excluding hydrogens is 332 g/mol.